The van der Waals surface area contributed by atoms with Crippen LogP contribution >= 0.6 is 23.2 Å². The van der Waals surface area contributed by atoms with E-state index in [-0.39, 0.29) is 0 Å². The van der Waals surface area contributed by atoms with Crippen molar-refractivity contribution in [3.8, 4) is 11.5 Å². The number of nitrogens with zero attached hydrogens (tertiary/aromatic N) is 6. The average molecular weight is 359 g/mol. The van der Waals surface area contributed by atoms with Crippen LogP contribution in [0.5, 0.6) is 0 Å². The number of aryl methyl sites for hydroxylation is 1. The summed E-state index contributed by atoms with van der Waals surface area (Å²) in [5.41, 5.74) is 3.31. The summed E-state index contributed by atoms with van der Waals surface area (Å²) in [5, 5.41) is 5.34. The van der Waals surface area contributed by atoms with Gasteiger partial charge in [-0.25, -0.2) is 14.5 Å². The van der Waals surface area contributed by atoms with E-state index in [2.05, 4.69) is 20.1 Å². The minimum Gasteiger partial charge on any atom is -0.324 e. The van der Waals surface area contributed by atoms with Crippen molar-refractivity contribution in [2.45, 2.75) is 13.5 Å². The molecule has 0 amide bonds. The fourth-order valence-electron chi connectivity index (χ4n) is 2.58. The second kappa shape index (κ2) is 5.89. The van der Waals surface area contributed by atoms with E-state index < -0.39 is 0 Å². The maximum Gasteiger partial charge on any atom is 0.159 e. The van der Waals surface area contributed by atoms with Crippen molar-refractivity contribution in [1.82, 2.24) is 29.1 Å². The van der Waals surface area contributed by atoms with Crippen molar-refractivity contribution in [1.29, 1.82) is 0 Å². The molecule has 6 nitrogen and oxygen atoms in total. The number of halogens is 2. The molecule has 4 rings (SSSR count). The van der Waals surface area contributed by atoms with Crippen molar-refractivity contribution in [2.75, 3.05) is 0 Å². The molecule has 4 aromatic rings. The smallest absolute Gasteiger partial charge is 0.159 e. The maximum absolute atomic E-state index is 6.05. The average Bonchev–Trinajstić information content (AvgIpc) is 3.14. The quantitative estimate of drug-likeness (QED) is 0.560. The van der Waals surface area contributed by atoms with Gasteiger partial charge in [-0.3, -0.25) is 4.98 Å². The summed E-state index contributed by atoms with van der Waals surface area (Å²) in [4.78, 5) is 13.4. The lowest BCUT2D eigenvalue weighted by atomic mass is 10.3. The predicted molar refractivity (Wildman–Crippen MR) is 92.3 cm³/mol. The second-order valence-corrected chi connectivity index (χ2v) is 6.13. The summed E-state index contributed by atoms with van der Waals surface area (Å²) in [7, 11) is 0. The number of pyridine rings is 1. The minimum absolute atomic E-state index is 0.431. The molecule has 8 heteroatoms. The summed E-state index contributed by atoms with van der Waals surface area (Å²) in [6.07, 6.45) is 5.29. The highest BCUT2D eigenvalue weighted by molar-refractivity contribution is 6.30. The van der Waals surface area contributed by atoms with Gasteiger partial charge in [0.2, 0.25) is 0 Å². The molecular formula is C16H12Cl2N6. The first-order valence-corrected chi connectivity index (χ1v) is 8.01. The van der Waals surface area contributed by atoms with Crippen molar-refractivity contribution >= 4 is 28.8 Å². The molecule has 4 aromatic heterocycles. The molecule has 0 unspecified atom stereocenters. The molecule has 0 radical (unpaired) electrons. The lowest BCUT2D eigenvalue weighted by molar-refractivity contribution is 0.773. The van der Waals surface area contributed by atoms with Gasteiger partial charge in [-0.15, -0.1) is 0 Å². The SMILES string of the molecule is Cc1c(Cn2ccnc2-c2cc(Cl)ccn2)nc2ccc(Cl)nn12. The van der Waals surface area contributed by atoms with Gasteiger partial charge in [-0.05, 0) is 31.2 Å². The first kappa shape index (κ1) is 15.1. The molecule has 120 valence electrons. The Morgan fingerprint density at radius 1 is 1.08 bits per heavy atom. The number of hydrogen-bond acceptors (Lipinski definition) is 4. The molecule has 0 aliphatic heterocycles. The molecule has 0 saturated heterocycles. The van der Waals surface area contributed by atoms with Crippen LogP contribution in [0.3, 0.4) is 0 Å². The van der Waals surface area contributed by atoms with E-state index in [9.17, 15) is 0 Å². The summed E-state index contributed by atoms with van der Waals surface area (Å²) in [6.45, 7) is 2.52. The van der Waals surface area contributed by atoms with Gasteiger partial charge in [0.15, 0.2) is 11.5 Å². The zero-order valence-corrected chi connectivity index (χ0v) is 14.2. The molecule has 0 aliphatic carbocycles. The number of aromatic nitrogens is 6. The molecule has 24 heavy (non-hydrogen) atoms. The van der Waals surface area contributed by atoms with Gasteiger partial charge in [-0.2, -0.15) is 5.10 Å². The standard InChI is InChI=1S/C16H12Cl2N6/c1-10-13(21-15-3-2-14(18)22-24(10)15)9-23-7-6-20-16(23)12-8-11(17)4-5-19-12/h2-8H,9H2,1H3. The highest BCUT2D eigenvalue weighted by Gasteiger charge is 2.14. The van der Waals surface area contributed by atoms with Crippen LogP contribution in [-0.2, 0) is 6.54 Å². The Kier molecular flexibility index (Phi) is 3.70. The summed E-state index contributed by atoms with van der Waals surface area (Å²) in [6, 6.07) is 7.10. The highest BCUT2D eigenvalue weighted by atomic mass is 35.5. The summed E-state index contributed by atoms with van der Waals surface area (Å²) < 4.78 is 3.72. The third-order valence-electron chi connectivity index (χ3n) is 3.75. The van der Waals surface area contributed by atoms with Gasteiger partial charge in [0.25, 0.3) is 0 Å². The normalized spacial score (nSPS) is 11.3. The van der Waals surface area contributed by atoms with Crippen LogP contribution in [0.15, 0.2) is 42.9 Å². The van der Waals surface area contributed by atoms with Crippen molar-refractivity contribution in [3.05, 3.63) is 64.4 Å². The monoisotopic (exact) mass is 358 g/mol. The second-order valence-electron chi connectivity index (χ2n) is 5.31. The van der Waals surface area contributed by atoms with Gasteiger partial charge in [0.1, 0.15) is 10.8 Å². The van der Waals surface area contributed by atoms with Crippen molar-refractivity contribution in [3.63, 3.8) is 0 Å². The van der Waals surface area contributed by atoms with Crippen molar-refractivity contribution in [2.24, 2.45) is 0 Å². The third kappa shape index (κ3) is 2.64. The summed E-state index contributed by atoms with van der Waals surface area (Å²) >= 11 is 12.0. The molecule has 0 fully saturated rings. The van der Waals surface area contributed by atoms with Gasteiger partial charge < -0.3 is 4.57 Å². The van der Waals surface area contributed by atoms with E-state index >= 15 is 0 Å². The fourth-order valence-corrected chi connectivity index (χ4v) is 2.87. The molecular weight excluding hydrogens is 347 g/mol. The molecule has 0 saturated carbocycles. The third-order valence-corrected chi connectivity index (χ3v) is 4.19. The van der Waals surface area contributed by atoms with Gasteiger partial charge in [-0.1, -0.05) is 23.2 Å². The van der Waals surface area contributed by atoms with Gasteiger partial charge >= 0.3 is 0 Å². The first-order chi connectivity index (χ1) is 11.6. The van der Waals surface area contributed by atoms with E-state index in [0.29, 0.717) is 16.7 Å². The highest BCUT2D eigenvalue weighted by Crippen LogP contribution is 2.21. The van der Waals surface area contributed by atoms with Crippen LogP contribution in [0.2, 0.25) is 10.2 Å². The Morgan fingerprint density at radius 2 is 1.96 bits per heavy atom. The van der Waals surface area contributed by atoms with Crippen molar-refractivity contribution < 1.29 is 0 Å². The number of rotatable bonds is 3. The Morgan fingerprint density at radius 3 is 2.79 bits per heavy atom. The Hall–Kier alpha value is -2.44. The lowest BCUT2D eigenvalue weighted by Crippen LogP contribution is -2.04. The Labute approximate surface area is 147 Å². The van der Waals surface area contributed by atoms with Gasteiger partial charge in [0, 0.05) is 23.6 Å². The van der Waals surface area contributed by atoms with E-state index in [4.69, 9.17) is 23.2 Å². The largest absolute Gasteiger partial charge is 0.324 e. The molecule has 0 atom stereocenters. The Balaban J connectivity index is 1.75. The zero-order chi connectivity index (χ0) is 16.7. The number of imidazole rings is 2. The number of fused-ring (bicyclic) bond motifs is 1. The molecule has 0 spiro atoms. The molecule has 0 aromatic carbocycles. The van der Waals surface area contributed by atoms with Crippen LogP contribution < -0.4 is 0 Å². The first-order valence-electron chi connectivity index (χ1n) is 7.25. The van der Waals surface area contributed by atoms with E-state index in [1.165, 1.54) is 0 Å². The molecule has 0 N–H and O–H groups in total. The van der Waals surface area contributed by atoms with Crippen LogP contribution in [-0.4, -0.2) is 29.1 Å². The fraction of sp³-hybridized carbons (Fsp3) is 0.125. The number of hydrogen-bond donors (Lipinski definition) is 0. The van der Waals surface area contributed by atoms with Crippen LogP contribution in [0.1, 0.15) is 11.4 Å². The summed E-state index contributed by atoms with van der Waals surface area (Å²) in [5.74, 6) is 0.736. The zero-order valence-electron chi connectivity index (χ0n) is 12.7. The van der Waals surface area contributed by atoms with Crippen LogP contribution in [0.4, 0.5) is 0 Å². The van der Waals surface area contributed by atoms with Gasteiger partial charge in [0.05, 0.1) is 17.9 Å². The molecule has 0 aliphatic rings. The Bertz CT molecular complexity index is 1040. The minimum atomic E-state index is 0.431. The van der Waals surface area contributed by atoms with Crippen LogP contribution in [0.25, 0.3) is 17.2 Å². The lowest BCUT2D eigenvalue weighted by Gasteiger charge is -2.06. The van der Waals surface area contributed by atoms with E-state index in [0.717, 1.165) is 28.6 Å². The molecule has 4 heterocycles. The van der Waals surface area contributed by atoms with Crippen LogP contribution in [0, 0.1) is 6.92 Å². The van der Waals surface area contributed by atoms with E-state index in [1.54, 1.807) is 35.1 Å². The van der Waals surface area contributed by atoms with E-state index in [1.807, 2.05) is 23.8 Å². The predicted octanol–water partition coefficient (Wildman–Crippen LogP) is 3.65. The maximum atomic E-state index is 6.05. The molecule has 0 bridgehead atoms. The topological polar surface area (TPSA) is 60.9 Å².